The molecule has 0 aromatic carbocycles. The molecule has 49 heavy (non-hydrogen) atoms. The smallest absolute Gasteiger partial charge is 0.303 e. The maximum atomic E-state index is 11.8. The first-order valence-corrected chi connectivity index (χ1v) is 26.3. The normalized spacial score (nSPS) is 29.1. The number of esters is 1. The average molecular weight is 729 g/mol. The highest BCUT2D eigenvalue weighted by Crippen LogP contribution is 2.60. The van der Waals surface area contributed by atoms with Gasteiger partial charge >= 0.3 is 5.97 Å². The molecule has 7 heteroatoms. The van der Waals surface area contributed by atoms with E-state index in [0.29, 0.717) is 17.3 Å². The van der Waals surface area contributed by atoms with E-state index < -0.39 is 16.6 Å². The topological polar surface area (TPSA) is 44.8 Å². The highest BCUT2D eigenvalue weighted by Gasteiger charge is 2.50. The molecule has 3 saturated carbocycles. The number of carbonyl (C=O) groups is 1. The zero-order chi connectivity index (χ0) is 36.4. The van der Waals surface area contributed by atoms with Crippen LogP contribution in [0, 0.1) is 23.2 Å². The van der Waals surface area contributed by atoms with Gasteiger partial charge in [0, 0.05) is 11.8 Å². The van der Waals surface area contributed by atoms with Crippen molar-refractivity contribution in [1.82, 2.24) is 0 Å². The van der Waals surface area contributed by atoms with E-state index in [2.05, 4.69) is 111 Å². The fourth-order valence-corrected chi connectivity index (χ4v) is 12.4. The number of hydrogen-bond acceptors (Lipinski definition) is 5. The van der Waals surface area contributed by atoms with Crippen molar-refractivity contribution in [2.24, 2.45) is 23.2 Å². The molecular formula is C42H72O4SSi2. The fraction of sp³-hybridized carbons (Fsp3) is 0.786. The van der Waals surface area contributed by atoms with E-state index in [1.54, 1.807) is 16.9 Å². The van der Waals surface area contributed by atoms with E-state index in [1.165, 1.54) is 55.9 Å². The van der Waals surface area contributed by atoms with Crippen molar-refractivity contribution < 1.29 is 18.4 Å². The first-order chi connectivity index (χ1) is 22.6. The highest BCUT2D eigenvalue weighted by atomic mass is 32.1. The Morgan fingerprint density at radius 3 is 2.12 bits per heavy atom. The van der Waals surface area contributed by atoms with Gasteiger partial charge in [0.2, 0.25) is 0 Å². The van der Waals surface area contributed by atoms with Crippen molar-refractivity contribution in [2.45, 2.75) is 188 Å². The molecule has 1 unspecified atom stereocenters. The number of thiophene rings is 1. The number of hydrogen-bond donors (Lipinski definition) is 0. The summed E-state index contributed by atoms with van der Waals surface area (Å²) in [4.78, 5) is 13.0. The molecule has 0 amide bonds. The van der Waals surface area contributed by atoms with Crippen molar-refractivity contribution in [3.63, 3.8) is 0 Å². The molecule has 278 valence electrons. The molecule has 4 nitrogen and oxygen atoms in total. The Morgan fingerprint density at radius 1 is 0.980 bits per heavy atom. The molecule has 0 radical (unpaired) electrons. The lowest BCUT2D eigenvalue weighted by molar-refractivity contribution is -0.147. The van der Waals surface area contributed by atoms with Gasteiger partial charge < -0.3 is 13.6 Å². The molecule has 3 fully saturated rings. The standard InChI is InChI=1S/C42H72O4SSi2/c1-30(17-14-19-38(44-31(2)43)39-20-16-26-47-39)36-23-24-37-33(18-15-25-42(36,37)9)22-21-32-27-34(45-48(10,11)40(3,4)5)29-35(28-32)46-49(12,13)41(6,7)8/h16,20-22,26,30,34-38H,14-15,17-19,23-25,27-29H2,1-13H3/b33-22+/t30-,34-,35-,36-,37+,38?,42-/m1/s1. The fourth-order valence-electron chi connectivity index (χ4n) is 8.83. The summed E-state index contributed by atoms with van der Waals surface area (Å²) in [6.07, 6.45) is 18.3. The van der Waals surface area contributed by atoms with E-state index in [0.717, 1.165) is 38.0 Å². The third-order valence-electron chi connectivity index (χ3n) is 13.6. The van der Waals surface area contributed by atoms with Gasteiger partial charge in [0.1, 0.15) is 6.10 Å². The van der Waals surface area contributed by atoms with Crippen LogP contribution in [-0.4, -0.2) is 34.8 Å². The quantitative estimate of drug-likeness (QED) is 0.159. The molecular weight excluding hydrogens is 657 g/mol. The Balaban J connectivity index is 1.47. The van der Waals surface area contributed by atoms with Crippen molar-refractivity contribution in [3.05, 3.63) is 45.7 Å². The van der Waals surface area contributed by atoms with Gasteiger partial charge in [0.15, 0.2) is 16.6 Å². The molecule has 0 bridgehead atoms. The molecule has 3 aliphatic carbocycles. The molecule has 0 spiro atoms. The summed E-state index contributed by atoms with van der Waals surface area (Å²) >= 11 is 1.69. The summed E-state index contributed by atoms with van der Waals surface area (Å²) in [5.41, 5.74) is 3.59. The Labute approximate surface area is 307 Å². The van der Waals surface area contributed by atoms with Gasteiger partial charge in [-0.25, -0.2) is 0 Å². The third-order valence-corrected chi connectivity index (χ3v) is 23.6. The molecule has 3 aliphatic rings. The second kappa shape index (κ2) is 15.9. The van der Waals surface area contributed by atoms with Gasteiger partial charge in [0.25, 0.3) is 0 Å². The minimum atomic E-state index is -1.89. The Bertz CT molecular complexity index is 1260. The number of carbonyl (C=O) groups excluding carboxylic acids is 1. The first-order valence-electron chi connectivity index (χ1n) is 19.6. The Kier molecular flexibility index (Phi) is 13.3. The number of allylic oxidation sites excluding steroid dienone is 3. The summed E-state index contributed by atoms with van der Waals surface area (Å²) in [5, 5.41) is 2.47. The van der Waals surface area contributed by atoms with Gasteiger partial charge in [-0.15, -0.1) is 11.3 Å². The van der Waals surface area contributed by atoms with Crippen LogP contribution in [0.3, 0.4) is 0 Å². The summed E-state index contributed by atoms with van der Waals surface area (Å²) in [7, 11) is -3.79. The van der Waals surface area contributed by atoms with Crippen LogP contribution in [0.2, 0.25) is 36.3 Å². The maximum Gasteiger partial charge on any atom is 0.303 e. The molecule has 0 N–H and O–H groups in total. The zero-order valence-electron chi connectivity index (χ0n) is 33.7. The number of fused-ring (bicyclic) bond motifs is 1. The van der Waals surface area contributed by atoms with Gasteiger partial charge in [-0.05, 0) is 135 Å². The first kappa shape index (κ1) is 40.8. The Hall–Kier alpha value is -0.996. The molecule has 0 saturated heterocycles. The van der Waals surface area contributed by atoms with Crippen LogP contribution in [0.1, 0.15) is 144 Å². The van der Waals surface area contributed by atoms with Gasteiger partial charge in [-0.1, -0.05) is 91.2 Å². The lowest BCUT2D eigenvalue weighted by atomic mass is 9.60. The van der Waals surface area contributed by atoms with E-state index in [4.69, 9.17) is 13.6 Å². The lowest BCUT2D eigenvalue weighted by Crippen LogP contribution is -2.48. The second-order valence-corrected chi connectivity index (χ2v) is 29.8. The molecule has 4 rings (SSSR count). The van der Waals surface area contributed by atoms with Crippen molar-refractivity contribution >= 4 is 33.9 Å². The van der Waals surface area contributed by atoms with Crippen LogP contribution in [-0.2, 0) is 18.4 Å². The summed E-state index contributed by atoms with van der Waals surface area (Å²) in [6.45, 7) is 30.4. The van der Waals surface area contributed by atoms with E-state index in [-0.39, 0.29) is 34.4 Å². The van der Waals surface area contributed by atoms with Crippen LogP contribution in [0.5, 0.6) is 0 Å². The SMILES string of the molecule is CC(=O)OC(CCC[C@@H](C)[C@H]1CC[C@H]2/C(=C/C=C3C[C@@H](O[Si](C)(C)C(C)(C)C)C[C@H](O[Si](C)(C)C(C)(C)C)C3)CCC[C@]12C)c1cccs1. The third kappa shape index (κ3) is 10.1. The molecule has 7 atom stereocenters. The van der Waals surface area contributed by atoms with Crippen LogP contribution < -0.4 is 0 Å². The Morgan fingerprint density at radius 2 is 1.59 bits per heavy atom. The van der Waals surface area contributed by atoms with Crippen molar-refractivity contribution in [2.75, 3.05) is 0 Å². The summed E-state index contributed by atoms with van der Waals surface area (Å²) in [6, 6.07) is 4.16. The largest absolute Gasteiger partial charge is 0.457 e. The maximum absolute atomic E-state index is 11.8. The summed E-state index contributed by atoms with van der Waals surface area (Å²) in [5.74, 6) is 1.93. The number of rotatable bonds is 12. The van der Waals surface area contributed by atoms with Crippen LogP contribution in [0.15, 0.2) is 40.8 Å². The van der Waals surface area contributed by atoms with Crippen LogP contribution in [0.4, 0.5) is 0 Å². The van der Waals surface area contributed by atoms with Crippen molar-refractivity contribution in [1.29, 1.82) is 0 Å². The zero-order valence-corrected chi connectivity index (χ0v) is 36.5. The summed E-state index contributed by atoms with van der Waals surface area (Å²) < 4.78 is 19.9. The minimum Gasteiger partial charge on any atom is -0.457 e. The van der Waals surface area contributed by atoms with Crippen LogP contribution >= 0.6 is 11.3 Å². The number of ether oxygens (including phenoxy) is 1. The molecule has 0 aliphatic heterocycles. The molecule has 1 heterocycles. The average Bonchev–Trinajstić information content (AvgIpc) is 3.62. The highest BCUT2D eigenvalue weighted by molar-refractivity contribution is 7.10. The monoisotopic (exact) mass is 728 g/mol. The second-order valence-electron chi connectivity index (χ2n) is 19.3. The predicted molar refractivity (Wildman–Crippen MR) is 214 cm³/mol. The lowest BCUT2D eigenvalue weighted by Gasteiger charge is -2.45. The predicted octanol–water partition coefficient (Wildman–Crippen LogP) is 13.2. The molecule has 1 aromatic heterocycles. The van der Waals surface area contributed by atoms with Gasteiger partial charge in [0.05, 0.1) is 12.2 Å². The minimum absolute atomic E-state index is 0.104. The van der Waals surface area contributed by atoms with Gasteiger partial charge in [-0.3, -0.25) is 4.79 Å². The van der Waals surface area contributed by atoms with E-state index in [9.17, 15) is 4.79 Å². The van der Waals surface area contributed by atoms with E-state index >= 15 is 0 Å². The van der Waals surface area contributed by atoms with E-state index in [1.807, 2.05) is 0 Å². The van der Waals surface area contributed by atoms with Crippen molar-refractivity contribution in [3.8, 4) is 0 Å². The van der Waals surface area contributed by atoms with Crippen LogP contribution in [0.25, 0.3) is 0 Å². The molecule has 1 aromatic rings. The van der Waals surface area contributed by atoms with Gasteiger partial charge in [-0.2, -0.15) is 0 Å².